The SMILES string of the molecule is CS(=O)(=O)c1ccc(N2CCCN(C(=O)c3cccc(C(F)(F)F)c3)CC2)c(F)c1. The van der Waals surface area contributed by atoms with E-state index in [9.17, 15) is 30.8 Å². The molecule has 2 aromatic carbocycles. The fourth-order valence-corrected chi connectivity index (χ4v) is 3.98. The summed E-state index contributed by atoms with van der Waals surface area (Å²) in [5.41, 5.74) is -0.726. The Morgan fingerprint density at radius 3 is 2.37 bits per heavy atom. The number of benzene rings is 2. The van der Waals surface area contributed by atoms with Gasteiger partial charge in [0, 0.05) is 38.0 Å². The van der Waals surface area contributed by atoms with Crippen molar-refractivity contribution in [1.29, 1.82) is 0 Å². The minimum atomic E-state index is -4.54. The Morgan fingerprint density at radius 2 is 1.73 bits per heavy atom. The number of rotatable bonds is 3. The third kappa shape index (κ3) is 4.92. The number of hydrogen-bond donors (Lipinski definition) is 0. The van der Waals surface area contributed by atoms with Gasteiger partial charge in [0.15, 0.2) is 9.84 Å². The van der Waals surface area contributed by atoms with Crippen molar-refractivity contribution in [3.63, 3.8) is 0 Å². The van der Waals surface area contributed by atoms with Crippen molar-refractivity contribution in [2.45, 2.75) is 17.5 Å². The van der Waals surface area contributed by atoms with E-state index >= 15 is 0 Å². The van der Waals surface area contributed by atoms with Gasteiger partial charge < -0.3 is 9.80 Å². The summed E-state index contributed by atoms with van der Waals surface area (Å²) in [5.74, 6) is -1.20. The normalized spacial score (nSPS) is 15.8. The third-order valence-corrected chi connectivity index (χ3v) is 6.02. The number of halogens is 4. The van der Waals surface area contributed by atoms with Crippen LogP contribution >= 0.6 is 0 Å². The van der Waals surface area contributed by atoms with E-state index in [0.29, 0.717) is 19.5 Å². The average molecular weight is 444 g/mol. The van der Waals surface area contributed by atoms with Crippen LogP contribution in [0.25, 0.3) is 0 Å². The van der Waals surface area contributed by atoms with Crippen LogP contribution < -0.4 is 4.90 Å². The van der Waals surface area contributed by atoms with Gasteiger partial charge in [-0.25, -0.2) is 12.8 Å². The summed E-state index contributed by atoms with van der Waals surface area (Å²) in [4.78, 5) is 15.7. The summed E-state index contributed by atoms with van der Waals surface area (Å²) in [7, 11) is -3.54. The first-order valence-corrected chi connectivity index (χ1v) is 11.1. The van der Waals surface area contributed by atoms with Crippen molar-refractivity contribution in [3.05, 3.63) is 59.4 Å². The van der Waals surface area contributed by atoms with E-state index in [1.807, 2.05) is 0 Å². The number of sulfone groups is 1. The summed E-state index contributed by atoms with van der Waals surface area (Å²) >= 11 is 0. The second-order valence-electron chi connectivity index (χ2n) is 7.10. The topological polar surface area (TPSA) is 57.7 Å². The van der Waals surface area contributed by atoms with Crippen molar-refractivity contribution < 1.29 is 30.8 Å². The number of amides is 1. The molecule has 2 aromatic rings. The zero-order valence-electron chi connectivity index (χ0n) is 16.1. The molecule has 1 saturated heterocycles. The van der Waals surface area contributed by atoms with Crippen LogP contribution in [-0.2, 0) is 16.0 Å². The number of alkyl halides is 3. The van der Waals surface area contributed by atoms with Gasteiger partial charge in [0.25, 0.3) is 5.91 Å². The maximum Gasteiger partial charge on any atom is 0.416 e. The number of carbonyl (C=O) groups is 1. The van der Waals surface area contributed by atoms with Gasteiger partial charge >= 0.3 is 6.18 Å². The second-order valence-corrected chi connectivity index (χ2v) is 9.11. The fourth-order valence-electron chi connectivity index (χ4n) is 3.35. The molecular formula is C20H20F4N2O3S. The van der Waals surface area contributed by atoms with Gasteiger partial charge in [-0.1, -0.05) is 6.07 Å². The maximum atomic E-state index is 14.5. The Labute approximate surface area is 171 Å². The van der Waals surface area contributed by atoms with Crippen LogP contribution in [0.1, 0.15) is 22.3 Å². The van der Waals surface area contributed by atoms with Crippen LogP contribution in [0, 0.1) is 5.82 Å². The highest BCUT2D eigenvalue weighted by Crippen LogP contribution is 2.30. The monoisotopic (exact) mass is 444 g/mol. The third-order valence-electron chi connectivity index (χ3n) is 4.91. The molecule has 0 aliphatic carbocycles. The molecule has 162 valence electrons. The first-order chi connectivity index (χ1) is 14.0. The standard InChI is InChI=1S/C20H20F4N2O3S/c1-30(28,29)16-6-7-18(17(21)13-16)25-8-3-9-26(11-10-25)19(27)14-4-2-5-15(12-14)20(22,23)24/h2,4-7,12-13H,3,8-11H2,1H3. The molecule has 0 N–H and O–H groups in total. The van der Waals surface area contributed by atoms with Crippen LogP contribution in [0.2, 0.25) is 0 Å². The van der Waals surface area contributed by atoms with Crippen molar-refractivity contribution in [2.75, 3.05) is 37.3 Å². The molecule has 1 fully saturated rings. The highest BCUT2D eigenvalue weighted by Gasteiger charge is 2.31. The van der Waals surface area contributed by atoms with Gasteiger partial charge in [0.2, 0.25) is 0 Å². The maximum absolute atomic E-state index is 14.5. The summed E-state index contributed by atoms with van der Waals surface area (Å²) < 4.78 is 76.4. The van der Waals surface area contributed by atoms with E-state index < -0.39 is 33.3 Å². The van der Waals surface area contributed by atoms with Crippen LogP contribution in [0.5, 0.6) is 0 Å². The molecule has 5 nitrogen and oxygen atoms in total. The smallest absolute Gasteiger partial charge is 0.367 e. The van der Waals surface area contributed by atoms with E-state index in [2.05, 4.69) is 0 Å². The first kappa shape index (κ1) is 22.1. The predicted octanol–water partition coefficient (Wildman–Crippen LogP) is 3.60. The lowest BCUT2D eigenvalue weighted by Crippen LogP contribution is -2.35. The molecule has 0 unspecified atom stereocenters. The van der Waals surface area contributed by atoms with Crippen molar-refractivity contribution in [3.8, 4) is 0 Å². The van der Waals surface area contributed by atoms with Crippen LogP contribution in [0.15, 0.2) is 47.4 Å². The molecule has 1 heterocycles. The molecule has 1 aliphatic heterocycles. The second kappa shape index (κ2) is 8.25. The van der Waals surface area contributed by atoms with E-state index in [4.69, 9.17) is 0 Å². The van der Waals surface area contributed by atoms with Crippen LogP contribution in [0.3, 0.4) is 0 Å². The van der Waals surface area contributed by atoms with Gasteiger partial charge in [-0.15, -0.1) is 0 Å². The molecule has 1 amide bonds. The van der Waals surface area contributed by atoms with Gasteiger partial charge in [-0.05, 0) is 42.8 Å². The number of nitrogens with zero attached hydrogens (tertiary/aromatic N) is 2. The highest BCUT2D eigenvalue weighted by molar-refractivity contribution is 7.90. The van der Waals surface area contributed by atoms with Crippen molar-refractivity contribution in [2.24, 2.45) is 0 Å². The summed E-state index contributed by atoms with van der Waals surface area (Å²) in [6, 6.07) is 7.93. The summed E-state index contributed by atoms with van der Waals surface area (Å²) in [6.45, 7) is 1.19. The van der Waals surface area contributed by atoms with Gasteiger partial charge in [-0.2, -0.15) is 13.2 Å². The molecule has 0 bridgehead atoms. The molecule has 0 atom stereocenters. The molecule has 10 heteroatoms. The Hall–Kier alpha value is -2.62. The molecular weight excluding hydrogens is 424 g/mol. The highest BCUT2D eigenvalue weighted by atomic mass is 32.2. The zero-order chi connectivity index (χ0) is 22.1. The molecule has 3 rings (SSSR count). The van der Waals surface area contributed by atoms with Gasteiger partial charge in [0.1, 0.15) is 5.82 Å². The Morgan fingerprint density at radius 1 is 1.00 bits per heavy atom. The lowest BCUT2D eigenvalue weighted by molar-refractivity contribution is -0.137. The number of hydrogen-bond acceptors (Lipinski definition) is 4. The number of carbonyl (C=O) groups excluding carboxylic acids is 1. The van der Waals surface area contributed by atoms with E-state index in [1.54, 1.807) is 4.90 Å². The molecule has 30 heavy (non-hydrogen) atoms. The van der Waals surface area contributed by atoms with Crippen molar-refractivity contribution >= 4 is 21.4 Å². The Balaban J connectivity index is 1.75. The molecule has 1 aliphatic rings. The van der Waals surface area contributed by atoms with Crippen molar-refractivity contribution in [1.82, 2.24) is 4.90 Å². The lowest BCUT2D eigenvalue weighted by Gasteiger charge is -2.24. The number of anilines is 1. The Bertz CT molecular complexity index is 1050. The summed E-state index contributed by atoms with van der Waals surface area (Å²) in [6.07, 6.45) is -3.07. The largest absolute Gasteiger partial charge is 0.416 e. The average Bonchev–Trinajstić information content (AvgIpc) is 2.92. The minimum Gasteiger partial charge on any atom is -0.367 e. The van der Waals surface area contributed by atoms with E-state index in [1.165, 1.54) is 29.2 Å². The quantitative estimate of drug-likeness (QED) is 0.679. The van der Waals surface area contributed by atoms with E-state index in [-0.39, 0.29) is 29.2 Å². The predicted molar refractivity (Wildman–Crippen MR) is 104 cm³/mol. The summed E-state index contributed by atoms with van der Waals surface area (Å²) in [5, 5.41) is 0. The Kier molecular flexibility index (Phi) is 6.07. The molecule has 0 aromatic heterocycles. The van der Waals surface area contributed by atoms with Crippen LogP contribution in [0.4, 0.5) is 23.2 Å². The van der Waals surface area contributed by atoms with Crippen LogP contribution in [-0.4, -0.2) is 51.7 Å². The lowest BCUT2D eigenvalue weighted by atomic mass is 10.1. The molecule has 0 spiro atoms. The minimum absolute atomic E-state index is 0.0537. The van der Waals surface area contributed by atoms with Gasteiger partial charge in [0.05, 0.1) is 16.1 Å². The first-order valence-electron chi connectivity index (χ1n) is 9.18. The van der Waals surface area contributed by atoms with E-state index in [0.717, 1.165) is 24.5 Å². The zero-order valence-corrected chi connectivity index (χ0v) is 16.9. The van der Waals surface area contributed by atoms with Gasteiger partial charge in [-0.3, -0.25) is 4.79 Å². The molecule has 0 saturated carbocycles. The molecule has 0 radical (unpaired) electrons. The fraction of sp³-hybridized carbons (Fsp3) is 0.350.